The molecule has 0 unspecified atom stereocenters. The second kappa shape index (κ2) is 7.03. The van der Waals surface area contributed by atoms with Gasteiger partial charge < -0.3 is 4.90 Å². The topological polar surface area (TPSA) is 36.4 Å². The molecule has 1 amide bonds. The Hall–Kier alpha value is -1.72. The molecular formula is C19H23N3OS. The molecular weight excluding hydrogens is 318 g/mol. The highest BCUT2D eigenvalue weighted by atomic mass is 32.1. The van der Waals surface area contributed by atoms with Gasteiger partial charge in [0.15, 0.2) is 0 Å². The second-order valence-electron chi connectivity index (χ2n) is 6.72. The van der Waals surface area contributed by atoms with Crippen LogP contribution in [0.15, 0.2) is 35.2 Å². The molecule has 24 heavy (non-hydrogen) atoms. The molecule has 4 nitrogen and oxygen atoms in total. The van der Waals surface area contributed by atoms with Crippen molar-refractivity contribution in [3.8, 4) is 0 Å². The fourth-order valence-corrected chi connectivity index (χ4v) is 4.48. The van der Waals surface area contributed by atoms with Gasteiger partial charge in [0.25, 0.3) is 0 Å². The summed E-state index contributed by atoms with van der Waals surface area (Å²) in [7, 11) is 0. The number of hydrogen-bond donors (Lipinski definition) is 0. The Bertz CT molecular complexity index is 700. The van der Waals surface area contributed by atoms with Gasteiger partial charge in [-0.2, -0.15) is 0 Å². The molecule has 1 aromatic carbocycles. The maximum Gasteiger partial charge on any atom is 0.230 e. The van der Waals surface area contributed by atoms with Crippen molar-refractivity contribution in [3.63, 3.8) is 0 Å². The summed E-state index contributed by atoms with van der Waals surface area (Å²) in [5.41, 5.74) is 5.65. The lowest BCUT2D eigenvalue weighted by atomic mass is 10.00. The zero-order valence-electron chi connectivity index (χ0n) is 13.9. The van der Waals surface area contributed by atoms with Crippen LogP contribution in [0.5, 0.6) is 0 Å². The standard InChI is InChI=1S/C19H23N3OS/c23-19(18-7-6-15-4-1-2-5-17(15)18)22-9-3-8-21(10-11-22)12-16-13-24-14-20-16/h1-2,4-5,13-14,18H,3,6-12H2/t18-/m1/s1. The number of aryl methyl sites for hydroxylation is 1. The van der Waals surface area contributed by atoms with E-state index in [0.717, 1.165) is 57.7 Å². The summed E-state index contributed by atoms with van der Waals surface area (Å²) >= 11 is 1.65. The molecule has 0 saturated carbocycles. The summed E-state index contributed by atoms with van der Waals surface area (Å²) in [5, 5.41) is 2.11. The molecule has 1 saturated heterocycles. The Balaban J connectivity index is 1.39. The molecule has 1 aromatic heterocycles. The molecule has 0 spiro atoms. The van der Waals surface area contributed by atoms with Crippen LogP contribution in [0.2, 0.25) is 0 Å². The first-order valence-corrected chi connectivity index (χ1v) is 9.71. The second-order valence-corrected chi connectivity index (χ2v) is 7.44. The van der Waals surface area contributed by atoms with E-state index in [1.807, 2.05) is 5.51 Å². The molecule has 2 aromatic rings. The van der Waals surface area contributed by atoms with Crippen LogP contribution in [0.3, 0.4) is 0 Å². The number of rotatable bonds is 3. The van der Waals surface area contributed by atoms with E-state index in [1.165, 1.54) is 11.1 Å². The van der Waals surface area contributed by atoms with Crippen LogP contribution in [0, 0.1) is 0 Å². The average molecular weight is 341 g/mol. The van der Waals surface area contributed by atoms with Gasteiger partial charge in [-0.3, -0.25) is 9.69 Å². The van der Waals surface area contributed by atoms with Crippen molar-refractivity contribution in [2.45, 2.75) is 31.7 Å². The van der Waals surface area contributed by atoms with E-state index in [1.54, 1.807) is 11.3 Å². The third kappa shape index (κ3) is 3.23. The number of aromatic nitrogens is 1. The number of hydrogen-bond acceptors (Lipinski definition) is 4. The van der Waals surface area contributed by atoms with E-state index in [9.17, 15) is 4.79 Å². The van der Waals surface area contributed by atoms with Gasteiger partial charge in [-0.15, -0.1) is 11.3 Å². The van der Waals surface area contributed by atoms with Crippen LogP contribution in [-0.2, 0) is 17.8 Å². The molecule has 1 aliphatic heterocycles. The molecule has 5 heteroatoms. The summed E-state index contributed by atoms with van der Waals surface area (Å²) < 4.78 is 0. The van der Waals surface area contributed by atoms with Crippen molar-refractivity contribution in [2.24, 2.45) is 0 Å². The molecule has 4 rings (SSSR count). The van der Waals surface area contributed by atoms with Gasteiger partial charge in [-0.1, -0.05) is 24.3 Å². The van der Waals surface area contributed by atoms with Gasteiger partial charge in [-0.05, 0) is 30.4 Å². The number of carbonyl (C=O) groups excluding carboxylic acids is 1. The smallest absolute Gasteiger partial charge is 0.230 e. The van der Waals surface area contributed by atoms with Gasteiger partial charge in [0, 0.05) is 38.1 Å². The van der Waals surface area contributed by atoms with E-state index in [4.69, 9.17) is 0 Å². The van der Waals surface area contributed by atoms with Crippen LogP contribution in [0.25, 0.3) is 0 Å². The van der Waals surface area contributed by atoms with E-state index in [-0.39, 0.29) is 5.92 Å². The Labute approximate surface area is 147 Å². The molecule has 126 valence electrons. The van der Waals surface area contributed by atoms with Crippen molar-refractivity contribution >= 4 is 17.2 Å². The minimum atomic E-state index is 0.0753. The zero-order chi connectivity index (χ0) is 16.4. The highest BCUT2D eigenvalue weighted by molar-refractivity contribution is 7.07. The largest absolute Gasteiger partial charge is 0.341 e. The lowest BCUT2D eigenvalue weighted by Gasteiger charge is -2.25. The molecule has 0 bridgehead atoms. The van der Waals surface area contributed by atoms with Crippen LogP contribution < -0.4 is 0 Å². The molecule has 1 aliphatic carbocycles. The van der Waals surface area contributed by atoms with Crippen molar-refractivity contribution in [3.05, 3.63) is 52.0 Å². The van der Waals surface area contributed by atoms with E-state index >= 15 is 0 Å². The Morgan fingerprint density at radius 3 is 3.00 bits per heavy atom. The number of fused-ring (bicyclic) bond motifs is 1. The van der Waals surface area contributed by atoms with Crippen LogP contribution >= 0.6 is 11.3 Å². The first-order valence-electron chi connectivity index (χ1n) is 8.77. The normalized spacial score (nSPS) is 21.5. The summed E-state index contributed by atoms with van der Waals surface area (Å²) in [6, 6.07) is 8.44. The maximum atomic E-state index is 13.0. The minimum Gasteiger partial charge on any atom is -0.341 e. The fraction of sp³-hybridized carbons (Fsp3) is 0.474. The Morgan fingerprint density at radius 1 is 1.21 bits per heavy atom. The lowest BCUT2D eigenvalue weighted by molar-refractivity contribution is -0.132. The number of carbonyl (C=O) groups is 1. The Kier molecular flexibility index (Phi) is 4.63. The van der Waals surface area contributed by atoms with Gasteiger partial charge in [0.05, 0.1) is 17.1 Å². The highest BCUT2D eigenvalue weighted by Crippen LogP contribution is 2.34. The summed E-state index contributed by atoms with van der Waals surface area (Å²) in [6.07, 6.45) is 3.05. The SMILES string of the molecule is O=C([C@@H]1CCc2ccccc21)N1CCCN(Cc2cscn2)CC1. The van der Waals surface area contributed by atoms with Crippen molar-refractivity contribution in [1.82, 2.24) is 14.8 Å². The summed E-state index contributed by atoms with van der Waals surface area (Å²) in [4.78, 5) is 21.9. The van der Waals surface area contributed by atoms with Crippen molar-refractivity contribution < 1.29 is 4.79 Å². The highest BCUT2D eigenvalue weighted by Gasteiger charge is 2.32. The third-order valence-electron chi connectivity index (χ3n) is 5.20. The van der Waals surface area contributed by atoms with Crippen LogP contribution in [0.1, 0.15) is 35.6 Å². The number of benzene rings is 1. The third-order valence-corrected chi connectivity index (χ3v) is 5.84. The first kappa shape index (κ1) is 15.8. The Morgan fingerprint density at radius 2 is 2.12 bits per heavy atom. The van der Waals surface area contributed by atoms with Gasteiger partial charge in [0.2, 0.25) is 5.91 Å². The first-order chi connectivity index (χ1) is 11.8. The minimum absolute atomic E-state index is 0.0753. The molecule has 2 heterocycles. The van der Waals surface area contributed by atoms with Gasteiger partial charge >= 0.3 is 0 Å². The fourth-order valence-electron chi connectivity index (χ4n) is 3.93. The molecule has 2 aliphatic rings. The average Bonchev–Trinajstić information content (AvgIpc) is 3.20. The van der Waals surface area contributed by atoms with E-state index in [0.29, 0.717) is 5.91 Å². The quantitative estimate of drug-likeness (QED) is 0.861. The van der Waals surface area contributed by atoms with E-state index < -0.39 is 0 Å². The lowest BCUT2D eigenvalue weighted by Crippen LogP contribution is -2.37. The van der Waals surface area contributed by atoms with Gasteiger partial charge in [-0.25, -0.2) is 4.98 Å². The summed E-state index contributed by atoms with van der Waals surface area (Å²) in [6.45, 7) is 4.60. The van der Waals surface area contributed by atoms with Crippen molar-refractivity contribution in [2.75, 3.05) is 26.2 Å². The van der Waals surface area contributed by atoms with Crippen LogP contribution in [0.4, 0.5) is 0 Å². The van der Waals surface area contributed by atoms with Crippen molar-refractivity contribution in [1.29, 1.82) is 0 Å². The zero-order valence-corrected chi connectivity index (χ0v) is 14.7. The molecule has 0 N–H and O–H groups in total. The number of nitrogens with zero attached hydrogens (tertiary/aromatic N) is 3. The van der Waals surface area contributed by atoms with E-state index in [2.05, 4.69) is 44.4 Å². The molecule has 1 atom stereocenters. The number of amides is 1. The predicted octanol–water partition coefficient (Wildman–Crippen LogP) is 2.91. The van der Waals surface area contributed by atoms with Crippen LogP contribution in [-0.4, -0.2) is 46.9 Å². The summed E-state index contributed by atoms with van der Waals surface area (Å²) in [5.74, 6) is 0.404. The maximum absolute atomic E-state index is 13.0. The number of thiazole rings is 1. The predicted molar refractivity (Wildman–Crippen MR) is 96.1 cm³/mol. The molecule has 0 radical (unpaired) electrons. The van der Waals surface area contributed by atoms with Gasteiger partial charge in [0.1, 0.15) is 0 Å². The monoisotopic (exact) mass is 341 g/mol. The molecule has 1 fully saturated rings.